The predicted molar refractivity (Wildman–Crippen MR) is 64.9 cm³/mol. The van der Waals surface area contributed by atoms with Gasteiger partial charge in [-0.15, -0.1) is 0 Å². The van der Waals surface area contributed by atoms with E-state index in [2.05, 4.69) is 19.1 Å². The van der Waals surface area contributed by atoms with E-state index in [9.17, 15) is 5.11 Å². The predicted octanol–water partition coefficient (Wildman–Crippen LogP) is 2.74. The van der Waals surface area contributed by atoms with Crippen molar-refractivity contribution in [3.05, 3.63) is 29.3 Å². The summed E-state index contributed by atoms with van der Waals surface area (Å²) in [6.45, 7) is 2.39. The Balaban J connectivity index is 2.39. The molecule has 0 bridgehead atoms. The number of aliphatic hydroxyl groups excluding tert-OH is 1. The molecule has 0 radical (unpaired) electrons. The van der Waals surface area contributed by atoms with Gasteiger partial charge in [0.15, 0.2) is 0 Å². The Kier molecular flexibility index (Phi) is 3.49. The summed E-state index contributed by atoms with van der Waals surface area (Å²) >= 11 is 0. The van der Waals surface area contributed by atoms with E-state index in [1.54, 1.807) is 7.11 Å². The van der Waals surface area contributed by atoms with Crippen molar-refractivity contribution in [1.29, 1.82) is 0 Å². The monoisotopic (exact) mass is 220 g/mol. The van der Waals surface area contributed by atoms with Crippen LogP contribution in [0.4, 0.5) is 0 Å². The van der Waals surface area contributed by atoms with Gasteiger partial charge in [-0.05, 0) is 48.3 Å². The molecule has 1 aromatic carbocycles. The van der Waals surface area contributed by atoms with Gasteiger partial charge in [-0.25, -0.2) is 0 Å². The van der Waals surface area contributed by atoms with Crippen LogP contribution in [0.2, 0.25) is 0 Å². The average Bonchev–Trinajstić information content (AvgIpc) is 2.36. The SMILES string of the molecule is COc1cccc2c1CCCC2C(C)CO. The van der Waals surface area contributed by atoms with Crippen molar-refractivity contribution in [1.82, 2.24) is 0 Å². The van der Waals surface area contributed by atoms with Crippen molar-refractivity contribution in [3.8, 4) is 5.75 Å². The van der Waals surface area contributed by atoms with E-state index in [-0.39, 0.29) is 6.61 Å². The highest BCUT2D eigenvalue weighted by Gasteiger charge is 2.26. The molecule has 1 aliphatic carbocycles. The fraction of sp³-hybridized carbons (Fsp3) is 0.571. The Labute approximate surface area is 97.3 Å². The van der Waals surface area contributed by atoms with Crippen LogP contribution in [0.5, 0.6) is 5.75 Å². The van der Waals surface area contributed by atoms with E-state index in [0.29, 0.717) is 11.8 Å². The van der Waals surface area contributed by atoms with Gasteiger partial charge in [-0.1, -0.05) is 19.1 Å². The van der Waals surface area contributed by atoms with Gasteiger partial charge in [-0.3, -0.25) is 0 Å². The Morgan fingerprint density at radius 3 is 3.00 bits per heavy atom. The molecule has 2 heteroatoms. The van der Waals surface area contributed by atoms with Gasteiger partial charge < -0.3 is 9.84 Å². The maximum absolute atomic E-state index is 9.31. The third kappa shape index (κ3) is 1.94. The summed E-state index contributed by atoms with van der Waals surface area (Å²) < 4.78 is 5.41. The Morgan fingerprint density at radius 1 is 1.50 bits per heavy atom. The second-order valence-electron chi connectivity index (χ2n) is 4.69. The van der Waals surface area contributed by atoms with Gasteiger partial charge in [0, 0.05) is 6.61 Å². The van der Waals surface area contributed by atoms with Gasteiger partial charge in [0.2, 0.25) is 0 Å². The van der Waals surface area contributed by atoms with Crippen LogP contribution >= 0.6 is 0 Å². The van der Waals surface area contributed by atoms with Crippen LogP contribution in [-0.2, 0) is 6.42 Å². The first-order chi connectivity index (χ1) is 7.77. The first-order valence-electron chi connectivity index (χ1n) is 6.04. The molecular formula is C14H20O2. The number of benzene rings is 1. The Morgan fingerprint density at radius 2 is 2.31 bits per heavy atom. The molecule has 0 aromatic heterocycles. The molecule has 1 aliphatic rings. The van der Waals surface area contributed by atoms with Crippen LogP contribution in [0.1, 0.15) is 36.8 Å². The quantitative estimate of drug-likeness (QED) is 0.848. The van der Waals surface area contributed by atoms with Crippen molar-refractivity contribution < 1.29 is 9.84 Å². The molecule has 16 heavy (non-hydrogen) atoms. The second kappa shape index (κ2) is 4.88. The largest absolute Gasteiger partial charge is 0.496 e. The molecule has 2 rings (SSSR count). The van der Waals surface area contributed by atoms with Crippen molar-refractivity contribution in [2.45, 2.75) is 32.1 Å². The van der Waals surface area contributed by atoms with Crippen molar-refractivity contribution in [2.24, 2.45) is 5.92 Å². The normalized spacial score (nSPS) is 21.3. The summed E-state index contributed by atoms with van der Waals surface area (Å²) in [5, 5.41) is 9.31. The fourth-order valence-electron chi connectivity index (χ4n) is 2.76. The maximum atomic E-state index is 9.31. The molecule has 0 saturated heterocycles. The van der Waals surface area contributed by atoms with Gasteiger partial charge >= 0.3 is 0 Å². The summed E-state index contributed by atoms with van der Waals surface area (Å²) in [4.78, 5) is 0. The van der Waals surface area contributed by atoms with Crippen LogP contribution in [0.15, 0.2) is 18.2 Å². The highest BCUT2D eigenvalue weighted by molar-refractivity contribution is 5.43. The summed E-state index contributed by atoms with van der Waals surface area (Å²) in [6.07, 6.45) is 3.48. The van der Waals surface area contributed by atoms with E-state index >= 15 is 0 Å². The molecule has 2 nitrogen and oxygen atoms in total. The summed E-state index contributed by atoms with van der Waals surface area (Å²) in [5.74, 6) is 1.84. The summed E-state index contributed by atoms with van der Waals surface area (Å²) in [5.41, 5.74) is 2.73. The van der Waals surface area contributed by atoms with Crippen LogP contribution in [-0.4, -0.2) is 18.8 Å². The van der Waals surface area contributed by atoms with Crippen LogP contribution < -0.4 is 4.74 Å². The Bertz CT molecular complexity index is 360. The first kappa shape index (κ1) is 11.5. The van der Waals surface area contributed by atoms with E-state index in [0.717, 1.165) is 12.2 Å². The number of hydrogen-bond acceptors (Lipinski definition) is 2. The molecule has 1 aromatic rings. The molecule has 1 N–H and O–H groups in total. The van der Waals surface area contributed by atoms with Crippen molar-refractivity contribution in [3.63, 3.8) is 0 Å². The zero-order chi connectivity index (χ0) is 11.5. The van der Waals surface area contributed by atoms with Crippen molar-refractivity contribution in [2.75, 3.05) is 13.7 Å². The van der Waals surface area contributed by atoms with E-state index < -0.39 is 0 Å². The van der Waals surface area contributed by atoms with Crippen LogP contribution in [0.25, 0.3) is 0 Å². The lowest BCUT2D eigenvalue weighted by molar-refractivity contribution is 0.207. The number of methoxy groups -OCH3 is 1. The maximum Gasteiger partial charge on any atom is 0.122 e. The van der Waals surface area contributed by atoms with Gasteiger partial charge in [0.1, 0.15) is 5.75 Å². The lowest BCUT2D eigenvalue weighted by Crippen LogP contribution is -2.19. The van der Waals surface area contributed by atoms with Crippen LogP contribution in [0.3, 0.4) is 0 Å². The average molecular weight is 220 g/mol. The summed E-state index contributed by atoms with van der Waals surface area (Å²) in [7, 11) is 1.73. The number of aliphatic hydroxyl groups is 1. The van der Waals surface area contributed by atoms with E-state index in [4.69, 9.17) is 4.74 Å². The molecule has 0 fully saturated rings. The molecule has 2 atom stereocenters. The molecule has 88 valence electrons. The number of fused-ring (bicyclic) bond motifs is 1. The highest BCUT2D eigenvalue weighted by Crippen LogP contribution is 2.40. The zero-order valence-electron chi connectivity index (χ0n) is 10.1. The molecule has 0 spiro atoms. The molecular weight excluding hydrogens is 200 g/mol. The van der Waals surface area contributed by atoms with E-state index in [1.807, 2.05) is 6.07 Å². The second-order valence-corrected chi connectivity index (χ2v) is 4.69. The van der Waals surface area contributed by atoms with Crippen LogP contribution in [0, 0.1) is 5.92 Å². The molecule has 0 heterocycles. The first-order valence-corrected chi connectivity index (χ1v) is 6.04. The lowest BCUT2D eigenvalue weighted by atomic mass is 9.76. The third-order valence-electron chi connectivity index (χ3n) is 3.71. The standard InChI is InChI=1S/C14H20O2/c1-10(9-15)11-5-3-7-13-12(11)6-4-8-14(13)16-2/h4,6,8,10-11,15H,3,5,7,9H2,1-2H3. The third-order valence-corrected chi connectivity index (χ3v) is 3.71. The number of hydrogen-bond donors (Lipinski definition) is 1. The highest BCUT2D eigenvalue weighted by atomic mass is 16.5. The summed E-state index contributed by atoms with van der Waals surface area (Å²) in [6, 6.07) is 6.28. The van der Waals surface area contributed by atoms with Crippen molar-refractivity contribution >= 4 is 0 Å². The zero-order valence-corrected chi connectivity index (χ0v) is 10.1. The molecule has 0 amide bonds. The number of rotatable bonds is 3. The molecule has 2 unspecified atom stereocenters. The number of ether oxygens (including phenoxy) is 1. The molecule has 0 aliphatic heterocycles. The lowest BCUT2D eigenvalue weighted by Gasteiger charge is -2.30. The minimum absolute atomic E-state index is 0.265. The molecule has 0 saturated carbocycles. The minimum Gasteiger partial charge on any atom is -0.496 e. The fourth-order valence-corrected chi connectivity index (χ4v) is 2.76. The van der Waals surface area contributed by atoms with E-state index in [1.165, 1.54) is 24.0 Å². The van der Waals surface area contributed by atoms with Gasteiger partial charge in [0.05, 0.1) is 7.11 Å². The van der Waals surface area contributed by atoms with Gasteiger partial charge in [0.25, 0.3) is 0 Å². The Hall–Kier alpha value is -1.02. The van der Waals surface area contributed by atoms with Gasteiger partial charge in [-0.2, -0.15) is 0 Å². The topological polar surface area (TPSA) is 29.5 Å². The smallest absolute Gasteiger partial charge is 0.122 e. The minimum atomic E-state index is 0.265.